The summed E-state index contributed by atoms with van der Waals surface area (Å²) in [6.07, 6.45) is 0. The van der Waals surface area contributed by atoms with Gasteiger partial charge in [-0.2, -0.15) is 0 Å². The van der Waals surface area contributed by atoms with Crippen molar-refractivity contribution in [3.05, 3.63) is 0 Å². The van der Waals surface area contributed by atoms with Gasteiger partial charge in [-0.15, -0.1) is 10.9 Å². The molecule has 0 amide bonds. The van der Waals surface area contributed by atoms with Crippen molar-refractivity contribution in [3.63, 3.8) is 0 Å². The Hall–Kier alpha value is -0.0800. The first-order chi connectivity index (χ1) is 2.81. The van der Waals surface area contributed by atoms with Crippen LogP contribution in [-0.2, 0) is 4.74 Å². The van der Waals surface area contributed by atoms with Gasteiger partial charge in [0.2, 0.25) is 0 Å². The molecule has 0 N–H and O–H groups in total. The van der Waals surface area contributed by atoms with Gasteiger partial charge in [-0.25, -0.2) is 0 Å². The SMILES string of the molecule is C=S=C(C)OC. The monoisotopic (exact) mass is 104 g/mol. The summed E-state index contributed by atoms with van der Waals surface area (Å²) in [7, 11) is 3.00. The predicted molar refractivity (Wildman–Crippen MR) is 32.4 cm³/mol. The highest BCUT2D eigenvalue weighted by Gasteiger charge is 1.70. The molecule has 2 heteroatoms. The molecule has 0 aliphatic rings. The zero-order chi connectivity index (χ0) is 4.99. The van der Waals surface area contributed by atoms with Crippen LogP contribution >= 0.6 is 10.9 Å². The standard InChI is InChI=1S/C4H8OS/c1-4(5-2)6-3/h3H2,1-2H3. The van der Waals surface area contributed by atoms with Gasteiger partial charge in [0.1, 0.15) is 5.05 Å². The van der Waals surface area contributed by atoms with E-state index in [1.807, 2.05) is 6.92 Å². The van der Waals surface area contributed by atoms with Crippen molar-refractivity contribution in [1.29, 1.82) is 0 Å². The lowest BCUT2D eigenvalue weighted by atomic mass is 10.9. The van der Waals surface area contributed by atoms with Crippen molar-refractivity contribution in [2.75, 3.05) is 7.11 Å². The summed E-state index contributed by atoms with van der Waals surface area (Å²) in [4.78, 5) is 0. The Balaban J connectivity index is 3.52. The fraction of sp³-hybridized carbons (Fsp3) is 0.500. The second-order valence-corrected chi connectivity index (χ2v) is 1.70. The molecule has 0 aromatic carbocycles. The van der Waals surface area contributed by atoms with E-state index >= 15 is 0 Å². The molecule has 0 spiro atoms. The molecule has 0 fully saturated rings. The largest absolute Gasteiger partial charge is 0.343 e. The van der Waals surface area contributed by atoms with E-state index in [-0.39, 0.29) is 0 Å². The Kier molecular flexibility index (Phi) is 3.08. The lowest BCUT2D eigenvalue weighted by molar-refractivity contribution is 0.411. The molecular formula is C4H8OS. The summed E-state index contributed by atoms with van der Waals surface area (Å²) >= 11 is 0. The van der Waals surface area contributed by atoms with Gasteiger partial charge in [-0.05, 0) is 12.8 Å². The van der Waals surface area contributed by atoms with Crippen molar-refractivity contribution in [1.82, 2.24) is 0 Å². The van der Waals surface area contributed by atoms with Crippen LogP contribution in [0, 0.1) is 0 Å². The zero-order valence-electron chi connectivity index (χ0n) is 4.02. The molecule has 0 aliphatic heterocycles. The van der Waals surface area contributed by atoms with Crippen LogP contribution in [0.5, 0.6) is 0 Å². The lowest BCUT2D eigenvalue weighted by Crippen LogP contribution is -1.85. The molecule has 0 aromatic rings. The number of hydrogen-bond acceptors (Lipinski definition) is 1. The summed E-state index contributed by atoms with van der Waals surface area (Å²) < 4.78 is 4.72. The van der Waals surface area contributed by atoms with Crippen LogP contribution in [-0.4, -0.2) is 18.0 Å². The normalized spacial score (nSPS) is 7.67. The van der Waals surface area contributed by atoms with Crippen molar-refractivity contribution in [2.45, 2.75) is 6.92 Å². The van der Waals surface area contributed by atoms with Gasteiger partial charge in [0, 0.05) is 7.11 Å². The summed E-state index contributed by atoms with van der Waals surface area (Å²) in [5, 5.41) is 0.898. The molecule has 0 atom stereocenters. The average Bonchev–Trinajstić information content (AvgIpc) is 1.65. The number of ether oxygens (including phenoxy) is 1. The van der Waals surface area contributed by atoms with Gasteiger partial charge in [0.15, 0.2) is 0 Å². The van der Waals surface area contributed by atoms with Crippen LogP contribution in [0.25, 0.3) is 0 Å². The van der Waals surface area contributed by atoms with Crippen LogP contribution < -0.4 is 0 Å². The Labute approximate surface area is 41.5 Å². The van der Waals surface area contributed by atoms with Crippen LogP contribution in [0.2, 0.25) is 0 Å². The van der Waals surface area contributed by atoms with Crippen molar-refractivity contribution >= 4 is 21.9 Å². The van der Waals surface area contributed by atoms with E-state index in [4.69, 9.17) is 4.74 Å². The lowest BCUT2D eigenvalue weighted by Gasteiger charge is -1.84. The highest BCUT2D eigenvalue weighted by molar-refractivity contribution is 7.95. The van der Waals surface area contributed by atoms with Crippen LogP contribution in [0.1, 0.15) is 6.92 Å². The molecule has 0 radical (unpaired) electrons. The van der Waals surface area contributed by atoms with Crippen LogP contribution in [0.4, 0.5) is 0 Å². The molecule has 0 aromatic heterocycles. The third-order valence-corrected chi connectivity index (χ3v) is 1.06. The smallest absolute Gasteiger partial charge is 0.100 e. The Morgan fingerprint density at radius 2 is 2.33 bits per heavy atom. The van der Waals surface area contributed by atoms with Crippen LogP contribution in [0.15, 0.2) is 0 Å². The number of rotatable bonds is 0. The first-order valence-electron chi connectivity index (χ1n) is 1.61. The molecule has 0 saturated heterocycles. The van der Waals surface area contributed by atoms with Crippen molar-refractivity contribution in [2.24, 2.45) is 0 Å². The first-order valence-corrected chi connectivity index (χ1v) is 2.59. The van der Waals surface area contributed by atoms with Gasteiger partial charge in [0.05, 0.1) is 0 Å². The summed E-state index contributed by atoms with van der Waals surface area (Å²) in [5.74, 6) is 3.51. The fourth-order valence-electron chi connectivity index (χ4n) is 0.0589. The third-order valence-electron chi connectivity index (χ3n) is 0.491. The molecule has 0 heterocycles. The molecule has 0 saturated carbocycles. The Bertz CT molecular complexity index is 81.5. The summed E-state index contributed by atoms with van der Waals surface area (Å²) in [6.45, 7) is 1.87. The summed E-state index contributed by atoms with van der Waals surface area (Å²) in [6, 6.07) is 0. The predicted octanol–water partition coefficient (Wildman–Crippen LogP) is 0.948. The van der Waals surface area contributed by atoms with E-state index in [0.717, 1.165) is 5.05 Å². The zero-order valence-corrected chi connectivity index (χ0v) is 4.84. The highest BCUT2D eigenvalue weighted by atomic mass is 32.1. The van der Waals surface area contributed by atoms with E-state index in [0.29, 0.717) is 0 Å². The molecule has 0 rings (SSSR count). The van der Waals surface area contributed by atoms with Crippen molar-refractivity contribution < 1.29 is 4.74 Å². The van der Waals surface area contributed by atoms with Crippen LogP contribution in [0.3, 0.4) is 0 Å². The maximum absolute atomic E-state index is 4.72. The average molecular weight is 104 g/mol. The van der Waals surface area contributed by atoms with Gasteiger partial charge in [-0.1, -0.05) is 0 Å². The molecule has 6 heavy (non-hydrogen) atoms. The fourth-order valence-corrected chi connectivity index (χ4v) is 0.177. The maximum Gasteiger partial charge on any atom is 0.100 e. The van der Waals surface area contributed by atoms with E-state index in [2.05, 4.69) is 5.87 Å². The Morgan fingerprint density at radius 1 is 1.83 bits per heavy atom. The second kappa shape index (κ2) is 3.12. The Morgan fingerprint density at radius 3 is 2.33 bits per heavy atom. The van der Waals surface area contributed by atoms with E-state index < -0.39 is 0 Å². The van der Waals surface area contributed by atoms with Gasteiger partial charge < -0.3 is 4.74 Å². The minimum absolute atomic E-state index is 0.898. The van der Waals surface area contributed by atoms with E-state index in [1.54, 1.807) is 7.11 Å². The number of methoxy groups -OCH3 is 1. The summed E-state index contributed by atoms with van der Waals surface area (Å²) in [5.41, 5.74) is 0. The van der Waals surface area contributed by atoms with Crippen molar-refractivity contribution in [3.8, 4) is 0 Å². The maximum atomic E-state index is 4.72. The molecule has 36 valence electrons. The topological polar surface area (TPSA) is 9.23 Å². The van der Waals surface area contributed by atoms with E-state index in [1.165, 1.54) is 10.9 Å². The second-order valence-electron chi connectivity index (χ2n) is 0.840. The minimum atomic E-state index is 0.898. The van der Waals surface area contributed by atoms with Gasteiger partial charge in [0.25, 0.3) is 0 Å². The molecule has 0 unspecified atom stereocenters. The molecular weight excluding hydrogens is 96.1 g/mol. The molecule has 0 aliphatic carbocycles. The van der Waals surface area contributed by atoms with Gasteiger partial charge >= 0.3 is 0 Å². The number of hydrogen-bond donors (Lipinski definition) is 0. The molecule has 0 bridgehead atoms. The minimum Gasteiger partial charge on any atom is -0.343 e. The third kappa shape index (κ3) is 2.18. The van der Waals surface area contributed by atoms with Gasteiger partial charge in [-0.3, -0.25) is 0 Å². The van der Waals surface area contributed by atoms with E-state index in [9.17, 15) is 0 Å². The quantitative estimate of drug-likeness (QED) is 0.416. The first kappa shape index (κ1) is 5.92. The molecule has 1 nitrogen and oxygen atoms in total. The highest BCUT2D eigenvalue weighted by Crippen LogP contribution is 1.73.